The van der Waals surface area contributed by atoms with Gasteiger partial charge >= 0.3 is 0 Å². The summed E-state index contributed by atoms with van der Waals surface area (Å²) in [5.41, 5.74) is 8.51. The number of hydrogen-bond donors (Lipinski definition) is 3. The van der Waals surface area contributed by atoms with Crippen molar-refractivity contribution in [2.45, 2.75) is 16.3 Å². The first-order valence-electron chi connectivity index (χ1n) is 6.89. The summed E-state index contributed by atoms with van der Waals surface area (Å²) >= 11 is 6.13. The molecule has 0 amide bonds. The van der Waals surface area contributed by atoms with Crippen molar-refractivity contribution in [2.24, 2.45) is 5.73 Å². The molecule has 0 saturated carbocycles. The molecule has 0 spiro atoms. The van der Waals surface area contributed by atoms with Crippen molar-refractivity contribution in [1.82, 2.24) is 15.2 Å². The van der Waals surface area contributed by atoms with Crippen molar-refractivity contribution in [3.63, 3.8) is 0 Å². The number of aromatic nitrogens is 1. The maximum absolute atomic E-state index is 5.86. The first-order valence-corrected chi connectivity index (χ1v) is 8.21. The lowest BCUT2D eigenvalue weighted by atomic mass is 10.1. The first kappa shape index (κ1) is 15.1. The molecule has 3 rings (SSSR count). The lowest BCUT2D eigenvalue weighted by Crippen LogP contribution is -2.33. The molecule has 3 heterocycles. The van der Waals surface area contributed by atoms with E-state index in [9.17, 15) is 0 Å². The Hall–Kier alpha value is -1.79. The zero-order valence-electron chi connectivity index (χ0n) is 12.2. The molecule has 0 aliphatic carbocycles. The number of rotatable bonds is 3. The smallest absolute Gasteiger partial charge is 0.104 e. The average Bonchev–Trinajstić information content (AvgIpc) is 2.97. The van der Waals surface area contributed by atoms with Gasteiger partial charge in [-0.05, 0) is 12.1 Å². The highest BCUT2D eigenvalue weighted by molar-refractivity contribution is 8.03. The summed E-state index contributed by atoms with van der Waals surface area (Å²) in [6.45, 7) is 3.84. The Kier molecular flexibility index (Phi) is 4.22. The van der Waals surface area contributed by atoms with Gasteiger partial charge < -0.3 is 16.0 Å². The van der Waals surface area contributed by atoms with Crippen molar-refractivity contribution < 1.29 is 0 Å². The van der Waals surface area contributed by atoms with Crippen LogP contribution in [-0.2, 0) is 0 Å². The van der Waals surface area contributed by atoms with Crippen LogP contribution >= 0.6 is 24.4 Å². The minimum atomic E-state index is 0.159. The standard InChI is InChI=1S/C16H18N4S2/c1-10(17)13-4-3-5-14(20(13)2)15-9-19-16(22-15)11-6-12(21)8-18-7-11/h3-9,14,16,19,21H,1,17H2,2H3. The summed E-state index contributed by atoms with van der Waals surface area (Å²) in [5, 5.41) is 3.56. The molecule has 1 aromatic heterocycles. The number of pyridine rings is 1. The number of likely N-dealkylation sites (N-methyl/N-ethyl adjacent to an activating group) is 1. The van der Waals surface area contributed by atoms with Gasteiger partial charge in [-0.2, -0.15) is 0 Å². The second-order valence-electron chi connectivity index (χ2n) is 5.21. The lowest BCUT2D eigenvalue weighted by Gasteiger charge is -2.32. The zero-order chi connectivity index (χ0) is 15.7. The monoisotopic (exact) mass is 330 g/mol. The van der Waals surface area contributed by atoms with Crippen LogP contribution in [0.1, 0.15) is 10.9 Å². The molecule has 22 heavy (non-hydrogen) atoms. The highest BCUT2D eigenvalue weighted by Gasteiger charge is 2.28. The molecule has 0 radical (unpaired) electrons. The molecule has 2 unspecified atom stereocenters. The molecule has 2 atom stereocenters. The van der Waals surface area contributed by atoms with E-state index in [1.54, 1.807) is 18.0 Å². The Bertz CT molecular complexity index is 693. The number of nitrogens with zero attached hydrogens (tertiary/aromatic N) is 2. The summed E-state index contributed by atoms with van der Waals surface area (Å²) in [6.07, 6.45) is 11.8. The van der Waals surface area contributed by atoms with Crippen LogP contribution in [0.25, 0.3) is 0 Å². The predicted molar refractivity (Wildman–Crippen MR) is 95.1 cm³/mol. The van der Waals surface area contributed by atoms with Crippen LogP contribution in [0.4, 0.5) is 0 Å². The maximum Gasteiger partial charge on any atom is 0.104 e. The van der Waals surface area contributed by atoms with Crippen LogP contribution in [0.5, 0.6) is 0 Å². The van der Waals surface area contributed by atoms with Crippen LogP contribution in [0.15, 0.2) is 70.7 Å². The molecule has 0 aromatic carbocycles. The third-order valence-electron chi connectivity index (χ3n) is 3.64. The van der Waals surface area contributed by atoms with Crippen molar-refractivity contribution in [2.75, 3.05) is 7.05 Å². The quantitative estimate of drug-likeness (QED) is 0.744. The first-order chi connectivity index (χ1) is 10.6. The van der Waals surface area contributed by atoms with Gasteiger partial charge in [0.2, 0.25) is 0 Å². The number of thioether (sulfide) groups is 1. The molecule has 6 heteroatoms. The molecule has 0 bridgehead atoms. The van der Waals surface area contributed by atoms with Crippen LogP contribution < -0.4 is 11.1 Å². The summed E-state index contributed by atoms with van der Waals surface area (Å²) in [4.78, 5) is 8.44. The van der Waals surface area contributed by atoms with E-state index >= 15 is 0 Å². The number of hydrogen-bond acceptors (Lipinski definition) is 6. The average molecular weight is 330 g/mol. The van der Waals surface area contributed by atoms with E-state index < -0.39 is 0 Å². The fourth-order valence-electron chi connectivity index (χ4n) is 2.54. The van der Waals surface area contributed by atoms with Crippen LogP contribution in [0, 0.1) is 0 Å². The summed E-state index contributed by atoms with van der Waals surface area (Å²) in [7, 11) is 2.03. The summed E-state index contributed by atoms with van der Waals surface area (Å²) < 4.78 is 0. The SMILES string of the molecule is C=C(N)C1=CC=CC(C2=CNC(c3cncc(S)c3)S2)N1C. The van der Waals surface area contributed by atoms with Gasteiger partial charge in [-0.25, -0.2) is 0 Å². The highest BCUT2D eigenvalue weighted by Crippen LogP contribution is 2.41. The molecule has 0 saturated heterocycles. The van der Waals surface area contributed by atoms with E-state index in [1.165, 1.54) is 4.91 Å². The molecule has 0 fully saturated rings. The van der Waals surface area contributed by atoms with Gasteiger partial charge in [0.05, 0.1) is 11.7 Å². The maximum atomic E-state index is 5.86. The Labute approximate surface area is 140 Å². The van der Waals surface area contributed by atoms with E-state index in [0.29, 0.717) is 5.70 Å². The number of thiol groups is 1. The van der Waals surface area contributed by atoms with Crippen molar-refractivity contribution in [3.8, 4) is 0 Å². The Morgan fingerprint density at radius 1 is 1.50 bits per heavy atom. The second kappa shape index (κ2) is 6.14. The van der Waals surface area contributed by atoms with Crippen molar-refractivity contribution in [1.29, 1.82) is 0 Å². The van der Waals surface area contributed by atoms with Gasteiger partial charge in [0.1, 0.15) is 5.37 Å². The van der Waals surface area contributed by atoms with Crippen molar-refractivity contribution in [3.05, 3.63) is 71.3 Å². The molecular weight excluding hydrogens is 312 g/mol. The fraction of sp³-hybridized carbons (Fsp3) is 0.188. The zero-order valence-corrected chi connectivity index (χ0v) is 13.9. The van der Waals surface area contributed by atoms with E-state index in [0.717, 1.165) is 16.2 Å². The minimum absolute atomic E-state index is 0.159. The van der Waals surface area contributed by atoms with Gasteiger partial charge in [-0.15, -0.1) is 12.6 Å². The largest absolute Gasteiger partial charge is 0.398 e. The predicted octanol–water partition coefficient (Wildman–Crippen LogP) is 2.77. The summed E-state index contributed by atoms with van der Waals surface area (Å²) in [6, 6.07) is 2.19. The number of allylic oxidation sites excluding steroid dienone is 2. The highest BCUT2D eigenvalue weighted by atomic mass is 32.2. The van der Waals surface area contributed by atoms with Gasteiger partial charge in [0.25, 0.3) is 0 Å². The number of nitrogens with one attached hydrogen (secondary N) is 1. The molecule has 2 aliphatic heterocycles. The van der Waals surface area contributed by atoms with Gasteiger partial charge in [-0.1, -0.05) is 30.5 Å². The Morgan fingerprint density at radius 3 is 3.05 bits per heavy atom. The van der Waals surface area contributed by atoms with E-state index in [4.69, 9.17) is 5.73 Å². The van der Waals surface area contributed by atoms with Gasteiger partial charge in [-0.3, -0.25) is 4.98 Å². The molecule has 4 nitrogen and oxygen atoms in total. The van der Waals surface area contributed by atoms with E-state index in [-0.39, 0.29) is 11.4 Å². The van der Waals surface area contributed by atoms with Gasteiger partial charge in [0, 0.05) is 46.7 Å². The minimum Gasteiger partial charge on any atom is -0.398 e. The molecule has 2 aliphatic rings. The lowest BCUT2D eigenvalue weighted by molar-refractivity contribution is 0.398. The molecule has 1 aromatic rings. The fourth-order valence-corrected chi connectivity index (χ4v) is 3.94. The van der Waals surface area contributed by atoms with Gasteiger partial charge in [0.15, 0.2) is 0 Å². The molecule has 114 valence electrons. The molecular formula is C16H18N4S2. The van der Waals surface area contributed by atoms with Crippen molar-refractivity contribution >= 4 is 24.4 Å². The van der Waals surface area contributed by atoms with E-state index in [1.807, 2.05) is 31.5 Å². The molecule has 3 N–H and O–H groups in total. The second-order valence-corrected chi connectivity index (χ2v) is 6.90. The normalized spacial score (nSPS) is 23.8. The third-order valence-corrected chi connectivity index (χ3v) is 5.16. The Morgan fingerprint density at radius 2 is 2.32 bits per heavy atom. The van der Waals surface area contributed by atoms with Crippen LogP contribution in [0.2, 0.25) is 0 Å². The third kappa shape index (κ3) is 2.89. The van der Waals surface area contributed by atoms with Crippen LogP contribution in [0.3, 0.4) is 0 Å². The van der Waals surface area contributed by atoms with Crippen LogP contribution in [-0.4, -0.2) is 23.0 Å². The Balaban J connectivity index is 1.74. The number of nitrogens with two attached hydrogens (primary N) is 1. The summed E-state index contributed by atoms with van der Waals surface area (Å²) in [5.74, 6) is 0. The topological polar surface area (TPSA) is 54.2 Å². The van der Waals surface area contributed by atoms with E-state index in [2.05, 4.69) is 46.7 Å².